The monoisotopic (exact) mass is 219 g/mol. The molecule has 16 heavy (non-hydrogen) atoms. The van der Waals surface area contributed by atoms with Crippen LogP contribution in [0.2, 0.25) is 0 Å². The number of para-hydroxylation sites is 1. The number of hydrogen-bond acceptors (Lipinski definition) is 2. The van der Waals surface area contributed by atoms with Crippen molar-refractivity contribution in [1.82, 2.24) is 0 Å². The molecule has 2 unspecified atom stereocenters. The summed E-state index contributed by atoms with van der Waals surface area (Å²) in [6.07, 6.45) is 3.34. The van der Waals surface area contributed by atoms with Crippen molar-refractivity contribution in [2.75, 3.05) is 11.4 Å². The molecule has 0 aliphatic carbocycles. The first-order chi connectivity index (χ1) is 7.70. The molecule has 2 rings (SSSR count). The third-order valence-corrected chi connectivity index (χ3v) is 3.59. The Morgan fingerprint density at radius 3 is 2.69 bits per heavy atom. The van der Waals surface area contributed by atoms with Crippen LogP contribution in [0.5, 0.6) is 0 Å². The summed E-state index contributed by atoms with van der Waals surface area (Å²) < 4.78 is 0. The molecular formula is C14H21NO. The molecule has 0 saturated carbocycles. The number of aliphatic hydroxyl groups is 1. The quantitative estimate of drug-likeness (QED) is 0.826. The van der Waals surface area contributed by atoms with Crippen molar-refractivity contribution in [2.24, 2.45) is 0 Å². The minimum atomic E-state index is -0.286. The topological polar surface area (TPSA) is 23.5 Å². The molecular weight excluding hydrogens is 198 g/mol. The molecule has 0 spiro atoms. The fourth-order valence-electron chi connectivity index (χ4n) is 2.40. The van der Waals surface area contributed by atoms with Crippen LogP contribution in [-0.2, 0) is 6.42 Å². The van der Waals surface area contributed by atoms with Crippen LogP contribution in [0.4, 0.5) is 5.69 Å². The lowest BCUT2D eigenvalue weighted by Crippen LogP contribution is -2.41. The summed E-state index contributed by atoms with van der Waals surface area (Å²) in [6, 6.07) is 8.78. The van der Waals surface area contributed by atoms with Crippen molar-refractivity contribution in [3.05, 3.63) is 29.8 Å². The Morgan fingerprint density at radius 1 is 1.19 bits per heavy atom. The van der Waals surface area contributed by atoms with Gasteiger partial charge in [-0.1, -0.05) is 18.2 Å². The standard InChI is InChI=1S/C14H21NO/c1-11(12(2)16)15-10-6-5-8-13-7-3-4-9-14(13)15/h3-4,7,9,11-12,16H,5-6,8,10H2,1-2H3. The maximum atomic E-state index is 9.75. The fraction of sp³-hybridized carbons (Fsp3) is 0.571. The van der Waals surface area contributed by atoms with Crippen LogP contribution in [-0.4, -0.2) is 23.8 Å². The van der Waals surface area contributed by atoms with E-state index in [9.17, 15) is 5.11 Å². The van der Waals surface area contributed by atoms with E-state index in [0.29, 0.717) is 0 Å². The molecule has 0 saturated heterocycles. The summed E-state index contributed by atoms with van der Waals surface area (Å²) in [7, 11) is 0. The van der Waals surface area contributed by atoms with Gasteiger partial charge in [0.2, 0.25) is 0 Å². The Balaban J connectivity index is 2.32. The van der Waals surface area contributed by atoms with Crippen LogP contribution in [0.3, 0.4) is 0 Å². The Kier molecular flexibility index (Phi) is 3.49. The van der Waals surface area contributed by atoms with Gasteiger partial charge in [0.25, 0.3) is 0 Å². The third kappa shape index (κ3) is 2.22. The highest BCUT2D eigenvalue weighted by Crippen LogP contribution is 2.28. The van der Waals surface area contributed by atoms with Crippen LogP contribution in [0.15, 0.2) is 24.3 Å². The lowest BCUT2D eigenvalue weighted by Gasteiger charge is -2.33. The Bertz CT molecular complexity index is 348. The summed E-state index contributed by atoms with van der Waals surface area (Å²) in [5, 5.41) is 9.75. The molecule has 1 aliphatic rings. The molecule has 88 valence electrons. The van der Waals surface area contributed by atoms with Crippen LogP contribution >= 0.6 is 0 Å². The molecule has 2 atom stereocenters. The number of hydrogen-bond donors (Lipinski definition) is 1. The highest BCUT2D eigenvalue weighted by atomic mass is 16.3. The molecule has 1 N–H and O–H groups in total. The van der Waals surface area contributed by atoms with Crippen molar-refractivity contribution in [1.29, 1.82) is 0 Å². The zero-order valence-corrected chi connectivity index (χ0v) is 10.2. The normalized spacial score (nSPS) is 19.8. The van der Waals surface area contributed by atoms with Crippen molar-refractivity contribution in [2.45, 2.75) is 45.3 Å². The van der Waals surface area contributed by atoms with Crippen LogP contribution < -0.4 is 4.90 Å². The number of fused-ring (bicyclic) bond motifs is 1. The van der Waals surface area contributed by atoms with Gasteiger partial charge in [-0.25, -0.2) is 0 Å². The molecule has 0 bridgehead atoms. The first-order valence-electron chi connectivity index (χ1n) is 6.23. The molecule has 2 heteroatoms. The highest BCUT2D eigenvalue weighted by molar-refractivity contribution is 5.55. The number of benzene rings is 1. The first-order valence-corrected chi connectivity index (χ1v) is 6.23. The van der Waals surface area contributed by atoms with Crippen molar-refractivity contribution >= 4 is 5.69 Å². The number of nitrogens with zero attached hydrogens (tertiary/aromatic N) is 1. The van der Waals surface area contributed by atoms with Gasteiger partial charge in [0.15, 0.2) is 0 Å². The zero-order valence-electron chi connectivity index (χ0n) is 10.2. The number of anilines is 1. The zero-order chi connectivity index (χ0) is 11.5. The molecule has 0 fully saturated rings. The predicted octanol–water partition coefficient (Wildman–Crippen LogP) is 2.60. The van der Waals surface area contributed by atoms with Gasteiger partial charge < -0.3 is 10.0 Å². The highest BCUT2D eigenvalue weighted by Gasteiger charge is 2.22. The van der Waals surface area contributed by atoms with Crippen LogP contribution in [0, 0.1) is 0 Å². The van der Waals surface area contributed by atoms with Gasteiger partial charge in [0.05, 0.1) is 12.1 Å². The summed E-state index contributed by atoms with van der Waals surface area (Å²) in [5.74, 6) is 0. The molecule has 0 radical (unpaired) electrons. The van der Waals surface area contributed by atoms with E-state index in [1.54, 1.807) is 0 Å². The van der Waals surface area contributed by atoms with Gasteiger partial charge in [-0.05, 0) is 44.7 Å². The lowest BCUT2D eigenvalue weighted by molar-refractivity contribution is 0.165. The molecule has 1 aromatic rings. The largest absolute Gasteiger partial charge is 0.391 e. The summed E-state index contributed by atoms with van der Waals surface area (Å²) in [5.41, 5.74) is 2.74. The van der Waals surface area contributed by atoms with E-state index < -0.39 is 0 Å². The van der Waals surface area contributed by atoms with Gasteiger partial charge in [-0.3, -0.25) is 0 Å². The minimum Gasteiger partial charge on any atom is -0.391 e. The maximum Gasteiger partial charge on any atom is 0.0712 e. The van der Waals surface area contributed by atoms with Gasteiger partial charge in [-0.2, -0.15) is 0 Å². The molecule has 2 nitrogen and oxygen atoms in total. The second-order valence-electron chi connectivity index (χ2n) is 4.76. The second-order valence-corrected chi connectivity index (χ2v) is 4.76. The lowest BCUT2D eigenvalue weighted by atomic mass is 10.1. The van der Waals surface area contributed by atoms with E-state index in [0.717, 1.165) is 6.54 Å². The number of aliphatic hydroxyl groups excluding tert-OH is 1. The van der Waals surface area contributed by atoms with Gasteiger partial charge in [0, 0.05) is 12.2 Å². The summed E-state index contributed by atoms with van der Waals surface area (Å²) in [4.78, 5) is 2.35. The predicted molar refractivity (Wildman–Crippen MR) is 67.9 cm³/mol. The fourth-order valence-corrected chi connectivity index (χ4v) is 2.40. The third-order valence-electron chi connectivity index (χ3n) is 3.59. The molecule has 0 aromatic heterocycles. The molecule has 1 aliphatic heterocycles. The summed E-state index contributed by atoms with van der Waals surface area (Å²) in [6.45, 7) is 5.04. The van der Waals surface area contributed by atoms with E-state index in [-0.39, 0.29) is 12.1 Å². The number of aryl methyl sites for hydroxylation is 1. The van der Waals surface area contributed by atoms with E-state index >= 15 is 0 Å². The van der Waals surface area contributed by atoms with E-state index in [2.05, 4.69) is 36.1 Å². The van der Waals surface area contributed by atoms with Crippen molar-refractivity contribution in [3.8, 4) is 0 Å². The van der Waals surface area contributed by atoms with Gasteiger partial charge in [0.1, 0.15) is 0 Å². The SMILES string of the molecule is CC(O)C(C)N1CCCCc2ccccc21. The smallest absolute Gasteiger partial charge is 0.0712 e. The maximum absolute atomic E-state index is 9.75. The van der Waals surface area contributed by atoms with E-state index in [1.807, 2.05) is 6.92 Å². The van der Waals surface area contributed by atoms with Crippen molar-refractivity contribution in [3.63, 3.8) is 0 Å². The van der Waals surface area contributed by atoms with E-state index in [4.69, 9.17) is 0 Å². The Morgan fingerprint density at radius 2 is 1.94 bits per heavy atom. The average Bonchev–Trinajstić information content (AvgIpc) is 2.50. The second kappa shape index (κ2) is 4.88. The first kappa shape index (κ1) is 11.5. The van der Waals surface area contributed by atoms with Crippen molar-refractivity contribution < 1.29 is 5.11 Å². The van der Waals surface area contributed by atoms with E-state index in [1.165, 1.54) is 30.5 Å². The van der Waals surface area contributed by atoms with Crippen LogP contribution in [0.1, 0.15) is 32.3 Å². The molecule has 1 heterocycles. The average molecular weight is 219 g/mol. The van der Waals surface area contributed by atoms with Crippen LogP contribution in [0.25, 0.3) is 0 Å². The Labute approximate surface area is 97.9 Å². The number of rotatable bonds is 2. The molecule has 0 amide bonds. The summed E-state index contributed by atoms with van der Waals surface area (Å²) >= 11 is 0. The van der Waals surface area contributed by atoms with Gasteiger partial charge in [-0.15, -0.1) is 0 Å². The minimum absolute atomic E-state index is 0.194. The Hall–Kier alpha value is -1.02. The molecule has 1 aromatic carbocycles. The van der Waals surface area contributed by atoms with Gasteiger partial charge >= 0.3 is 0 Å².